The molecule has 0 heterocycles. The van der Waals surface area contributed by atoms with Crippen molar-refractivity contribution in [2.24, 2.45) is 0 Å². The van der Waals surface area contributed by atoms with Crippen LogP contribution in [0.2, 0.25) is 0 Å². The summed E-state index contributed by atoms with van der Waals surface area (Å²) in [5.74, 6) is -7.66. The van der Waals surface area contributed by atoms with Crippen molar-refractivity contribution in [2.45, 2.75) is 0 Å². The number of carboxylic acids is 6. The summed E-state index contributed by atoms with van der Waals surface area (Å²) < 4.78 is 0. The first-order valence-electron chi connectivity index (χ1n) is 9.53. The van der Waals surface area contributed by atoms with Crippen molar-refractivity contribution < 1.29 is 111 Å². The van der Waals surface area contributed by atoms with Gasteiger partial charge < -0.3 is 35.4 Å². The van der Waals surface area contributed by atoms with Gasteiger partial charge in [0, 0.05) is 5.56 Å². The van der Waals surface area contributed by atoms with Crippen molar-refractivity contribution in [1.29, 1.82) is 0 Å². The van der Waals surface area contributed by atoms with E-state index in [1.54, 1.807) is 0 Å². The van der Waals surface area contributed by atoms with Crippen molar-refractivity contribution in [3.63, 3.8) is 0 Å². The molecule has 0 aromatic heterocycles. The second-order valence-corrected chi connectivity index (χ2v) is 6.45. The van der Waals surface area contributed by atoms with E-state index in [0.717, 1.165) is 0 Å². The molecule has 5 N–H and O–H groups in total. The fraction of sp³-hybridized carbons (Fsp3) is 0. The van der Waals surface area contributed by atoms with Crippen LogP contribution in [0, 0.1) is 0 Å². The van der Waals surface area contributed by atoms with Crippen LogP contribution >= 0.6 is 0 Å². The third kappa shape index (κ3) is 11.4. The molecule has 0 spiro atoms. The summed E-state index contributed by atoms with van der Waals surface area (Å²) in [6, 6.07) is 16.3. The quantitative estimate of drug-likeness (QED) is 0.189. The molecular weight excluding hydrogens is 598 g/mol. The molecule has 0 aliphatic heterocycles. The van der Waals surface area contributed by atoms with Crippen LogP contribution in [0.5, 0.6) is 0 Å². The fourth-order valence-corrected chi connectivity index (χ4v) is 2.56. The normalized spacial score (nSPS) is 8.84. The van der Waals surface area contributed by atoms with Crippen LogP contribution in [0.3, 0.4) is 0 Å². The van der Waals surface area contributed by atoms with Crippen LogP contribution in [0.25, 0.3) is 0 Å². The molecule has 12 nitrogen and oxygen atoms in total. The molecule has 0 bridgehead atoms. The monoisotopic (exact) mass is 618 g/mol. The van der Waals surface area contributed by atoms with Gasteiger partial charge in [0.15, 0.2) is 0 Å². The number of rotatable bonds is 6. The fourth-order valence-electron chi connectivity index (χ4n) is 2.56. The Balaban J connectivity index is 0. The topological polar surface area (TPSA) is 227 Å². The van der Waals surface area contributed by atoms with E-state index in [-0.39, 0.29) is 102 Å². The van der Waals surface area contributed by atoms with Gasteiger partial charge >= 0.3 is 98.3 Å². The molecular formula is C24H19KO12Se. The van der Waals surface area contributed by atoms with Crippen molar-refractivity contribution in [2.75, 3.05) is 0 Å². The zero-order chi connectivity index (χ0) is 27.4. The van der Waals surface area contributed by atoms with Gasteiger partial charge in [-0.05, 0) is 30.3 Å². The van der Waals surface area contributed by atoms with Crippen molar-refractivity contribution in [3.8, 4) is 0 Å². The molecule has 0 amide bonds. The van der Waals surface area contributed by atoms with Crippen molar-refractivity contribution in [3.05, 3.63) is 106 Å². The van der Waals surface area contributed by atoms with Gasteiger partial charge in [0.05, 0.1) is 33.8 Å². The first-order valence-corrected chi connectivity index (χ1v) is 9.53. The summed E-state index contributed by atoms with van der Waals surface area (Å²) in [7, 11) is 0. The molecule has 0 saturated heterocycles. The number of hydrogen-bond acceptors (Lipinski definition) is 7. The second-order valence-electron chi connectivity index (χ2n) is 6.45. The minimum atomic E-state index is -1.48. The standard InChI is InChI=1S/3C8H6O4.K.H2Se/c3*9-7(10)5-3-1-2-4-6(5)8(11)12;;/h3*1-4H,(H,9,10)(H,11,12);;1H2/q;;;+1;/p-1. The molecule has 0 aliphatic carbocycles. The molecule has 0 fully saturated rings. The van der Waals surface area contributed by atoms with E-state index in [1.165, 1.54) is 72.8 Å². The molecule has 0 aliphatic rings. The van der Waals surface area contributed by atoms with E-state index in [0.29, 0.717) is 0 Å². The van der Waals surface area contributed by atoms with Crippen molar-refractivity contribution >= 4 is 52.9 Å². The Morgan fingerprint density at radius 1 is 0.421 bits per heavy atom. The van der Waals surface area contributed by atoms with Crippen LogP contribution in [-0.4, -0.2) is 78.4 Å². The third-order valence-corrected chi connectivity index (χ3v) is 4.15. The van der Waals surface area contributed by atoms with Gasteiger partial charge in [-0.1, -0.05) is 42.5 Å². The number of benzene rings is 3. The molecule has 0 atom stereocenters. The molecule has 14 heteroatoms. The van der Waals surface area contributed by atoms with E-state index in [4.69, 9.17) is 25.5 Å². The van der Waals surface area contributed by atoms with Gasteiger partial charge in [0.25, 0.3) is 0 Å². The first kappa shape index (κ1) is 36.8. The van der Waals surface area contributed by atoms with Gasteiger partial charge in [-0.3, -0.25) is 0 Å². The summed E-state index contributed by atoms with van der Waals surface area (Å²) in [6.45, 7) is 0. The van der Waals surface area contributed by atoms with E-state index < -0.39 is 35.8 Å². The van der Waals surface area contributed by atoms with Crippen LogP contribution in [0.15, 0.2) is 72.8 Å². The third-order valence-electron chi connectivity index (χ3n) is 4.15. The summed E-state index contributed by atoms with van der Waals surface area (Å²) >= 11 is 0. The van der Waals surface area contributed by atoms with E-state index in [2.05, 4.69) is 0 Å². The number of carbonyl (C=O) groups excluding carboxylic acids is 1. The number of hydrogen-bond donors (Lipinski definition) is 5. The minimum absolute atomic E-state index is 0. The molecule has 0 unspecified atom stereocenters. The molecule has 0 radical (unpaired) electrons. The Labute approximate surface area is 267 Å². The van der Waals surface area contributed by atoms with Crippen molar-refractivity contribution in [1.82, 2.24) is 0 Å². The average molecular weight is 617 g/mol. The van der Waals surface area contributed by atoms with Crippen LogP contribution in [0.4, 0.5) is 0 Å². The Bertz CT molecular complexity index is 1060. The van der Waals surface area contributed by atoms with E-state index in [1.807, 2.05) is 0 Å². The van der Waals surface area contributed by atoms with E-state index in [9.17, 15) is 33.9 Å². The first-order chi connectivity index (χ1) is 16.9. The molecule has 0 saturated carbocycles. The van der Waals surface area contributed by atoms with Gasteiger partial charge in [-0.15, -0.1) is 0 Å². The predicted molar refractivity (Wildman–Crippen MR) is 127 cm³/mol. The zero-order valence-corrected chi connectivity index (χ0v) is 24.7. The molecule has 194 valence electrons. The molecule has 38 heavy (non-hydrogen) atoms. The van der Waals surface area contributed by atoms with Gasteiger partial charge in [0.1, 0.15) is 0 Å². The van der Waals surface area contributed by atoms with Gasteiger partial charge in [-0.25, -0.2) is 24.0 Å². The number of aromatic carboxylic acids is 6. The summed E-state index contributed by atoms with van der Waals surface area (Å²) in [4.78, 5) is 62.6. The Morgan fingerprint density at radius 3 is 0.711 bits per heavy atom. The van der Waals surface area contributed by atoms with Crippen LogP contribution in [-0.2, 0) is 0 Å². The van der Waals surface area contributed by atoms with E-state index >= 15 is 0 Å². The number of carbonyl (C=O) groups is 6. The average Bonchev–Trinajstić information content (AvgIpc) is 2.84. The Morgan fingerprint density at radius 2 is 0.579 bits per heavy atom. The molecule has 3 aromatic carbocycles. The van der Waals surface area contributed by atoms with Gasteiger partial charge in [-0.2, -0.15) is 0 Å². The maximum atomic E-state index is 10.5. The summed E-state index contributed by atoms with van der Waals surface area (Å²) in [6.07, 6.45) is 0. The molecule has 3 rings (SSSR count). The Kier molecular flexibility index (Phi) is 17.4. The SMILES string of the molecule is O=C(O)c1ccccc1C(=O)O.O=C(O)c1ccccc1C(=O)O.O=C([O-])c1ccccc1C(=O)O.[K+].[SeH2]. The number of carboxylic acid groups (broad SMARTS) is 6. The maximum absolute atomic E-state index is 10.5. The van der Waals surface area contributed by atoms with Crippen LogP contribution < -0.4 is 56.5 Å². The second kappa shape index (κ2) is 18.0. The Hall–Kier alpha value is -3.36. The predicted octanol–water partition coefficient (Wildman–Crippen LogP) is -2.00. The van der Waals surface area contributed by atoms with Gasteiger partial charge in [0.2, 0.25) is 0 Å². The zero-order valence-electron chi connectivity index (χ0n) is 19.5. The molecule has 3 aromatic rings. The van der Waals surface area contributed by atoms with Crippen LogP contribution in [0.1, 0.15) is 62.1 Å². The summed E-state index contributed by atoms with van der Waals surface area (Å²) in [5, 5.41) is 53.1. The summed E-state index contributed by atoms with van der Waals surface area (Å²) in [5.41, 5.74) is -1.31.